The van der Waals surface area contributed by atoms with Crippen LogP contribution >= 0.6 is 0 Å². The van der Waals surface area contributed by atoms with Crippen LogP contribution in [-0.2, 0) is 4.79 Å². The summed E-state index contributed by atoms with van der Waals surface area (Å²) < 4.78 is 0. The number of imide groups is 1. The molecule has 1 heterocycles. The van der Waals surface area contributed by atoms with Crippen LogP contribution in [0.25, 0.3) is 0 Å². The van der Waals surface area contributed by atoms with Gasteiger partial charge in [-0.1, -0.05) is 56.3 Å². The van der Waals surface area contributed by atoms with E-state index >= 15 is 0 Å². The lowest BCUT2D eigenvalue weighted by molar-refractivity contribution is -0.121. The van der Waals surface area contributed by atoms with Crippen LogP contribution in [0.4, 0.5) is 0 Å². The number of amides is 3. The van der Waals surface area contributed by atoms with Crippen molar-refractivity contribution in [2.45, 2.75) is 26.3 Å². The summed E-state index contributed by atoms with van der Waals surface area (Å²) in [7, 11) is 0. The summed E-state index contributed by atoms with van der Waals surface area (Å²) in [6.07, 6.45) is 0.0885. The second kappa shape index (κ2) is 9.47. The van der Waals surface area contributed by atoms with Crippen LogP contribution in [0.2, 0.25) is 0 Å². The molecule has 2 aromatic rings. The minimum atomic E-state index is -0.330. The van der Waals surface area contributed by atoms with Crippen molar-refractivity contribution in [3.63, 3.8) is 0 Å². The van der Waals surface area contributed by atoms with E-state index in [1.807, 2.05) is 18.2 Å². The molecule has 1 N–H and O–H groups in total. The van der Waals surface area contributed by atoms with Crippen LogP contribution in [-0.4, -0.2) is 53.7 Å². The first-order chi connectivity index (χ1) is 14.1. The molecule has 0 aromatic heterocycles. The highest BCUT2D eigenvalue weighted by Gasteiger charge is 2.35. The monoisotopic (exact) mass is 393 g/mol. The number of hydrogen-bond donors (Lipinski definition) is 1. The van der Waals surface area contributed by atoms with Crippen molar-refractivity contribution in [3.8, 4) is 0 Å². The molecule has 6 heteroatoms. The fourth-order valence-electron chi connectivity index (χ4n) is 3.75. The van der Waals surface area contributed by atoms with Gasteiger partial charge in [0, 0.05) is 19.5 Å². The minimum Gasteiger partial charge on any atom is -0.354 e. The van der Waals surface area contributed by atoms with Crippen molar-refractivity contribution in [1.82, 2.24) is 15.1 Å². The molecule has 3 rings (SSSR count). The molecular weight excluding hydrogens is 366 g/mol. The fourth-order valence-corrected chi connectivity index (χ4v) is 3.75. The van der Waals surface area contributed by atoms with Crippen LogP contribution in [0.5, 0.6) is 0 Å². The Kier molecular flexibility index (Phi) is 6.77. The quantitative estimate of drug-likeness (QED) is 0.665. The first-order valence-electron chi connectivity index (χ1n) is 10.1. The largest absolute Gasteiger partial charge is 0.354 e. The van der Waals surface area contributed by atoms with Gasteiger partial charge >= 0.3 is 0 Å². The second-order valence-corrected chi connectivity index (χ2v) is 7.01. The molecule has 2 aromatic carbocycles. The SMILES string of the molecule is CCN(CC)[C@@H](CNC(=O)CCN1C(=O)c2ccccc2C1=O)c1ccccc1. The number of nitrogens with zero attached hydrogens (tertiary/aromatic N) is 2. The van der Waals surface area contributed by atoms with Crippen LogP contribution < -0.4 is 5.32 Å². The van der Waals surface area contributed by atoms with Gasteiger partial charge in [-0.25, -0.2) is 0 Å². The number of likely N-dealkylation sites (N-methyl/N-ethyl adjacent to an activating group) is 1. The van der Waals surface area contributed by atoms with Crippen molar-refractivity contribution in [2.75, 3.05) is 26.2 Å². The molecular formula is C23H27N3O3. The first kappa shape index (κ1) is 20.7. The topological polar surface area (TPSA) is 69.7 Å². The van der Waals surface area contributed by atoms with Crippen molar-refractivity contribution < 1.29 is 14.4 Å². The Morgan fingerprint density at radius 3 is 2.03 bits per heavy atom. The highest BCUT2D eigenvalue weighted by atomic mass is 16.2. The van der Waals surface area contributed by atoms with Crippen molar-refractivity contribution >= 4 is 17.7 Å². The molecule has 0 radical (unpaired) electrons. The summed E-state index contributed by atoms with van der Waals surface area (Å²) in [4.78, 5) is 40.7. The molecule has 0 bridgehead atoms. The summed E-state index contributed by atoms with van der Waals surface area (Å²) in [5.41, 5.74) is 1.96. The van der Waals surface area contributed by atoms with Crippen molar-refractivity contribution in [3.05, 3.63) is 71.3 Å². The van der Waals surface area contributed by atoms with Gasteiger partial charge in [-0.05, 0) is 30.8 Å². The van der Waals surface area contributed by atoms with E-state index in [9.17, 15) is 14.4 Å². The Labute approximate surface area is 171 Å². The van der Waals surface area contributed by atoms with Gasteiger partial charge in [-0.3, -0.25) is 24.2 Å². The molecule has 0 spiro atoms. The zero-order chi connectivity index (χ0) is 20.8. The van der Waals surface area contributed by atoms with E-state index in [4.69, 9.17) is 0 Å². The summed E-state index contributed by atoms with van der Waals surface area (Å²) in [5, 5.41) is 2.98. The fraction of sp³-hybridized carbons (Fsp3) is 0.348. The predicted molar refractivity (Wildman–Crippen MR) is 112 cm³/mol. The number of hydrogen-bond acceptors (Lipinski definition) is 4. The van der Waals surface area contributed by atoms with E-state index in [1.165, 1.54) is 0 Å². The van der Waals surface area contributed by atoms with E-state index in [-0.39, 0.29) is 36.7 Å². The van der Waals surface area contributed by atoms with Gasteiger partial charge in [0.25, 0.3) is 11.8 Å². The van der Waals surface area contributed by atoms with Crippen molar-refractivity contribution in [2.24, 2.45) is 0 Å². The Balaban J connectivity index is 1.58. The Hall–Kier alpha value is -2.99. The predicted octanol–water partition coefficient (Wildman–Crippen LogP) is 2.87. The third-order valence-electron chi connectivity index (χ3n) is 5.37. The Morgan fingerprint density at radius 2 is 1.48 bits per heavy atom. The Bertz CT molecular complexity index is 843. The number of fused-ring (bicyclic) bond motifs is 1. The molecule has 0 fully saturated rings. The first-order valence-corrected chi connectivity index (χ1v) is 10.1. The number of carbonyl (C=O) groups is 3. The van der Waals surface area contributed by atoms with Crippen molar-refractivity contribution in [1.29, 1.82) is 0 Å². The van der Waals surface area contributed by atoms with Gasteiger partial charge in [0.1, 0.15) is 0 Å². The van der Waals surface area contributed by atoms with Crippen LogP contribution in [0.15, 0.2) is 54.6 Å². The smallest absolute Gasteiger partial charge is 0.261 e. The molecule has 0 saturated carbocycles. The lowest BCUT2D eigenvalue weighted by Gasteiger charge is -2.30. The number of carbonyl (C=O) groups excluding carboxylic acids is 3. The highest BCUT2D eigenvalue weighted by Crippen LogP contribution is 2.23. The van der Waals surface area contributed by atoms with E-state index in [2.05, 4.69) is 36.2 Å². The van der Waals surface area contributed by atoms with Gasteiger partial charge in [0.05, 0.1) is 17.2 Å². The molecule has 152 valence electrons. The summed E-state index contributed by atoms with van der Waals surface area (Å²) >= 11 is 0. The van der Waals surface area contributed by atoms with Crippen LogP contribution in [0.3, 0.4) is 0 Å². The second-order valence-electron chi connectivity index (χ2n) is 7.01. The maximum atomic E-state index is 12.4. The summed E-state index contributed by atoms with van der Waals surface area (Å²) in [6.45, 7) is 6.51. The van der Waals surface area contributed by atoms with E-state index in [0.29, 0.717) is 17.7 Å². The third kappa shape index (κ3) is 4.54. The number of rotatable bonds is 9. The van der Waals surface area contributed by atoms with E-state index in [0.717, 1.165) is 23.6 Å². The molecule has 1 aliphatic heterocycles. The lowest BCUT2D eigenvalue weighted by atomic mass is 10.1. The van der Waals surface area contributed by atoms with Crippen LogP contribution in [0, 0.1) is 0 Å². The van der Waals surface area contributed by atoms with E-state index < -0.39 is 0 Å². The average molecular weight is 393 g/mol. The maximum Gasteiger partial charge on any atom is 0.261 e. The lowest BCUT2D eigenvalue weighted by Crippen LogP contribution is -2.39. The molecule has 1 atom stereocenters. The Morgan fingerprint density at radius 1 is 0.931 bits per heavy atom. The van der Waals surface area contributed by atoms with Crippen LogP contribution in [0.1, 0.15) is 52.6 Å². The number of nitrogens with one attached hydrogen (secondary N) is 1. The number of benzene rings is 2. The standard InChI is InChI=1S/C23H27N3O3/c1-3-25(4-2)20(17-10-6-5-7-11-17)16-24-21(27)14-15-26-22(28)18-12-8-9-13-19(18)23(26)29/h5-13,20H,3-4,14-16H2,1-2H3,(H,24,27)/t20-/m0/s1. The molecule has 0 unspecified atom stereocenters. The third-order valence-corrected chi connectivity index (χ3v) is 5.37. The van der Waals surface area contributed by atoms with Gasteiger partial charge in [-0.2, -0.15) is 0 Å². The molecule has 1 aliphatic rings. The van der Waals surface area contributed by atoms with Gasteiger partial charge in [0.15, 0.2) is 0 Å². The zero-order valence-electron chi connectivity index (χ0n) is 16.9. The van der Waals surface area contributed by atoms with E-state index in [1.54, 1.807) is 24.3 Å². The van der Waals surface area contributed by atoms with Gasteiger partial charge < -0.3 is 5.32 Å². The van der Waals surface area contributed by atoms with Gasteiger partial charge in [-0.15, -0.1) is 0 Å². The van der Waals surface area contributed by atoms with Gasteiger partial charge in [0.2, 0.25) is 5.91 Å². The molecule has 29 heavy (non-hydrogen) atoms. The zero-order valence-corrected chi connectivity index (χ0v) is 16.9. The average Bonchev–Trinajstić information content (AvgIpc) is 3.00. The highest BCUT2D eigenvalue weighted by molar-refractivity contribution is 6.21. The molecule has 0 saturated heterocycles. The summed E-state index contributed by atoms with van der Waals surface area (Å²) in [6, 6.07) is 16.9. The molecule has 6 nitrogen and oxygen atoms in total. The minimum absolute atomic E-state index is 0.0782. The maximum absolute atomic E-state index is 12.4. The molecule has 0 aliphatic carbocycles. The molecule has 3 amide bonds. The normalized spacial score (nSPS) is 14.2. The summed E-state index contributed by atoms with van der Waals surface area (Å²) in [5.74, 6) is -0.831.